The van der Waals surface area contributed by atoms with Gasteiger partial charge in [0.05, 0.1) is 17.6 Å². The maximum Gasteiger partial charge on any atom is 0.335 e. The SMILES string of the molecule is CCCc1nc2scc(-c3ccccc3)c2c(=O)n1CCCOc1ccc(C(=O)O)cc1. The van der Waals surface area contributed by atoms with Gasteiger partial charge in [0, 0.05) is 23.9 Å². The van der Waals surface area contributed by atoms with Gasteiger partial charge in [0.2, 0.25) is 0 Å². The fourth-order valence-corrected chi connectivity index (χ4v) is 4.60. The molecule has 0 fully saturated rings. The molecule has 7 heteroatoms. The Hall–Kier alpha value is -3.45. The van der Waals surface area contributed by atoms with Gasteiger partial charge in [-0.05, 0) is 42.7 Å². The maximum atomic E-state index is 13.5. The van der Waals surface area contributed by atoms with Crippen LogP contribution in [0.25, 0.3) is 21.3 Å². The summed E-state index contributed by atoms with van der Waals surface area (Å²) in [5.74, 6) is 0.441. The molecule has 0 aliphatic carbocycles. The molecular formula is C25H24N2O4S. The molecule has 0 aliphatic heterocycles. The Morgan fingerprint density at radius 2 is 1.88 bits per heavy atom. The average Bonchev–Trinajstić information content (AvgIpc) is 3.23. The number of rotatable bonds is 9. The van der Waals surface area contributed by atoms with E-state index < -0.39 is 5.97 Å². The lowest BCUT2D eigenvalue weighted by molar-refractivity contribution is 0.0697. The second kappa shape index (κ2) is 9.78. The van der Waals surface area contributed by atoms with Gasteiger partial charge in [0.15, 0.2) is 0 Å². The first-order chi connectivity index (χ1) is 15.6. The number of fused-ring (bicyclic) bond motifs is 1. The third-order valence-corrected chi connectivity index (χ3v) is 6.10. The molecule has 2 aromatic carbocycles. The predicted molar refractivity (Wildman–Crippen MR) is 127 cm³/mol. The molecule has 0 spiro atoms. The smallest absolute Gasteiger partial charge is 0.335 e. The lowest BCUT2D eigenvalue weighted by Gasteiger charge is -2.13. The summed E-state index contributed by atoms with van der Waals surface area (Å²) in [6.45, 7) is 3.00. The van der Waals surface area contributed by atoms with Crippen molar-refractivity contribution in [1.82, 2.24) is 9.55 Å². The molecule has 0 bridgehead atoms. The molecular weight excluding hydrogens is 424 g/mol. The van der Waals surface area contributed by atoms with Gasteiger partial charge in [-0.15, -0.1) is 11.3 Å². The zero-order valence-electron chi connectivity index (χ0n) is 17.8. The highest BCUT2D eigenvalue weighted by atomic mass is 32.1. The minimum atomic E-state index is -0.967. The molecule has 0 saturated heterocycles. The fourth-order valence-electron chi connectivity index (χ4n) is 3.65. The highest BCUT2D eigenvalue weighted by Gasteiger charge is 2.16. The largest absolute Gasteiger partial charge is 0.494 e. The van der Waals surface area contributed by atoms with E-state index in [4.69, 9.17) is 14.8 Å². The second-order valence-corrected chi connectivity index (χ2v) is 8.32. The monoisotopic (exact) mass is 448 g/mol. The van der Waals surface area contributed by atoms with Crippen LogP contribution in [0.5, 0.6) is 5.75 Å². The van der Waals surface area contributed by atoms with Crippen LogP contribution in [0.15, 0.2) is 64.8 Å². The molecule has 2 heterocycles. The van der Waals surface area contributed by atoms with Crippen LogP contribution in [0, 0.1) is 0 Å². The topological polar surface area (TPSA) is 81.4 Å². The van der Waals surface area contributed by atoms with Gasteiger partial charge in [-0.1, -0.05) is 37.3 Å². The molecule has 0 atom stereocenters. The van der Waals surface area contributed by atoms with E-state index in [2.05, 4.69) is 6.92 Å². The Kier molecular flexibility index (Phi) is 6.66. The van der Waals surface area contributed by atoms with Crippen molar-refractivity contribution in [1.29, 1.82) is 0 Å². The summed E-state index contributed by atoms with van der Waals surface area (Å²) in [5.41, 5.74) is 2.15. The van der Waals surface area contributed by atoms with Crippen molar-refractivity contribution in [3.05, 3.63) is 81.7 Å². The minimum Gasteiger partial charge on any atom is -0.494 e. The van der Waals surface area contributed by atoms with Gasteiger partial charge < -0.3 is 9.84 Å². The van der Waals surface area contributed by atoms with E-state index in [1.807, 2.05) is 35.7 Å². The summed E-state index contributed by atoms with van der Waals surface area (Å²) in [5, 5.41) is 11.7. The van der Waals surface area contributed by atoms with Gasteiger partial charge in [-0.3, -0.25) is 9.36 Å². The van der Waals surface area contributed by atoms with Crippen LogP contribution < -0.4 is 10.3 Å². The molecule has 164 valence electrons. The molecule has 4 aromatic rings. The Labute approximate surface area is 189 Å². The predicted octanol–water partition coefficient (Wildman–Crippen LogP) is 5.24. The van der Waals surface area contributed by atoms with E-state index in [0.29, 0.717) is 30.7 Å². The van der Waals surface area contributed by atoms with Crippen molar-refractivity contribution in [3.63, 3.8) is 0 Å². The minimum absolute atomic E-state index is 0.00985. The lowest BCUT2D eigenvalue weighted by Crippen LogP contribution is -2.26. The molecule has 2 aromatic heterocycles. The summed E-state index contributed by atoms with van der Waals surface area (Å²) < 4.78 is 7.52. The van der Waals surface area contributed by atoms with E-state index in [1.165, 1.54) is 23.5 Å². The summed E-state index contributed by atoms with van der Waals surface area (Å²) >= 11 is 1.51. The molecule has 1 N–H and O–H groups in total. The summed E-state index contributed by atoms with van der Waals surface area (Å²) in [6, 6.07) is 16.2. The molecule has 0 unspecified atom stereocenters. The average molecular weight is 449 g/mol. The van der Waals surface area contributed by atoms with Crippen molar-refractivity contribution >= 4 is 27.5 Å². The third kappa shape index (κ3) is 4.57. The number of hydrogen-bond acceptors (Lipinski definition) is 5. The lowest BCUT2D eigenvalue weighted by atomic mass is 10.1. The molecule has 6 nitrogen and oxygen atoms in total. The molecule has 4 rings (SSSR count). The number of carboxylic acid groups (broad SMARTS) is 1. The Bertz CT molecular complexity index is 1280. The molecule has 0 aliphatic rings. The van der Waals surface area contributed by atoms with Crippen molar-refractivity contribution in [2.24, 2.45) is 0 Å². The van der Waals surface area contributed by atoms with Crippen LogP contribution >= 0.6 is 11.3 Å². The highest BCUT2D eigenvalue weighted by molar-refractivity contribution is 7.17. The van der Waals surface area contributed by atoms with Gasteiger partial charge in [0.25, 0.3) is 5.56 Å². The number of aryl methyl sites for hydroxylation is 1. The van der Waals surface area contributed by atoms with Gasteiger partial charge in [-0.2, -0.15) is 0 Å². The molecule has 0 radical (unpaired) electrons. The molecule has 0 saturated carbocycles. The second-order valence-electron chi connectivity index (χ2n) is 7.46. The normalized spacial score (nSPS) is 11.0. The number of ether oxygens (including phenoxy) is 1. The van der Waals surface area contributed by atoms with Crippen LogP contribution in [-0.4, -0.2) is 27.2 Å². The van der Waals surface area contributed by atoms with Crippen LogP contribution in [0.3, 0.4) is 0 Å². The Morgan fingerprint density at radius 3 is 2.56 bits per heavy atom. The van der Waals surface area contributed by atoms with Crippen LogP contribution in [0.2, 0.25) is 0 Å². The van der Waals surface area contributed by atoms with Gasteiger partial charge in [-0.25, -0.2) is 9.78 Å². The van der Waals surface area contributed by atoms with Crippen molar-refractivity contribution in [3.8, 4) is 16.9 Å². The van der Waals surface area contributed by atoms with Crippen LogP contribution in [-0.2, 0) is 13.0 Å². The van der Waals surface area contributed by atoms with Crippen molar-refractivity contribution in [2.45, 2.75) is 32.7 Å². The van der Waals surface area contributed by atoms with E-state index >= 15 is 0 Å². The first-order valence-corrected chi connectivity index (χ1v) is 11.5. The van der Waals surface area contributed by atoms with E-state index in [9.17, 15) is 9.59 Å². The van der Waals surface area contributed by atoms with Gasteiger partial charge >= 0.3 is 5.97 Å². The van der Waals surface area contributed by atoms with E-state index in [-0.39, 0.29) is 11.1 Å². The Balaban J connectivity index is 1.55. The summed E-state index contributed by atoms with van der Waals surface area (Å²) in [7, 11) is 0. The fraction of sp³-hybridized carbons (Fsp3) is 0.240. The standard InChI is InChI=1S/C25H24N2O4S/c1-2-7-21-26-23-22(20(16-32-23)17-8-4-3-5-9-17)24(28)27(21)14-6-15-31-19-12-10-18(11-13-19)25(29)30/h3-5,8-13,16H,2,6-7,14-15H2,1H3,(H,29,30). The third-order valence-electron chi connectivity index (χ3n) is 5.23. The van der Waals surface area contributed by atoms with Crippen molar-refractivity contribution < 1.29 is 14.6 Å². The zero-order valence-corrected chi connectivity index (χ0v) is 18.6. The number of nitrogens with zero attached hydrogens (tertiary/aromatic N) is 2. The quantitative estimate of drug-likeness (QED) is 0.354. The summed E-state index contributed by atoms with van der Waals surface area (Å²) in [6.07, 6.45) is 2.28. The number of carboxylic acids is 1. The molecule has 32 heavy (non-hydrogen) atoms. The van der Waals surface area contributed by atoms with Gasteiger partial charge in [0.1, 0.15) is 16.4 Å². The van der Waals surface area contributed by atoms with Crippen LogP contribution in [0.4, 0.5) is 0 Å². The van der Waals surface area contributed by atoms with Crippen LogP contribution in [0.1, 0.15) is 35.9 Å². The van der Waals surface area contributed by atoms with E-state index in [0.717, 1.165) is 34.6 Å². The zero-order chi connectivity index (χ0) is 22.5. The van der Waals surface area contributed by atoms with E-state index in [1.54, 1.807) is 16.7 Å². The van der Waals surface area contributed by atoms with Crippen molar-refractivity contribution in [2.75, 3.05) is 6.61 Å². The maximum absolute atomic E-state index is 13.5. The summed E-state index contributed by atoms with van der Waals surface area (Å²) in [4.78, 5) is 30.0. The molecule has 0 amide bonds. The highest BCUT2D eigenvalue weighted by Crippen LogP contribution is 2.31. The first kappa shape index (κ1) is 21.8. The first-order valence-electron chi connectivity index (χ1n) is 10.6. The number of hydrogen-bond donors (Lipinski definition) is 1. The number of thiophene rings is 1. The number of carbonyl (C=O) groups is 1. The number of aromatic carboxylic acids is 1. The Morgan fingerprint density at radius 1 is 1.12 bits per heavy atom. The number of aromatic nitrogens is 2. The number of benzene rings is 2.